The standard InChI is InChI=1S/C10H12N4S/c11-5-6-1-4-8-9(12-6)14(7-2-3-7)10(15)13-8/h1,4,7H,2-3,5,11H2,(H,13,15). The number of aromatic amines is 1. The number of pyridine rings is 1. The molecule has 0 bridgehead atoms. The van der Waals surface area contributed by atoms with Gasteiger partial charge in [0.2, 0.25) is 0 Å². The first-order chi connectivity index (χ1) is 7.29. The maximum absolute atomic E-state index is 5.58. The molecule has 15 heavy (non-hydrogen) atoms. The van der Waals surface area contributed by atoms with E-state index in [1.165, 1.54) is 12.8 Å². The van der Waals surface area contributed by atoms with Gasteiger partial charge < -0.3 is 10.7 Å². The van der Waals surface area contributed by atoms with Crippen molar-refractivity contribution in [3.05, 3.63) is 22.6 Å². The van der Waals surface area contributed by atoms with Crippen LogP contribution in [-0.4, -0.2) is 14.5 Å². The molecular weight excluding hydrogens is 208 g/mol. The van der Waals surface area contributed by atoms with E-state index in [1.54, 1.807) is 0 Å². The van der Waals surface area contributed by atoms with Crippen molar-refractivity contribution >= 4 is 23.4 Å². The van der Waals surface area contributed by atoms with Crippen molar-refractivity contribution < 1.29 is 0 Å². The second-order valence-corrected chi connectivity index (χ2v) is 4.30. The van der Waals surface area contributed by atoms with Crippen molar-refractivity contribution in [2.24, 2.45) is 5.73 Å². The van der Waals surface area contributed by atoms with Crippen molar-refractivity contribution in [1.82, 2.24) is 14.5 Å². The number of hydrogen-bond acceptors (Lipinski definition) is 3. The molecule has 2 heterocycles. The zero-order valence-corrected chi connectivity index (χ0v) is 9.05. The van der Waals surface area contributed by atoms with Crippen LogP contribution in [0, 0.1) is 4.77 Å². The van der Waals surface area contributed by atoms with E-state index in [1.807, 2.05) is 12.1 Å². The number of fused-ring (bicyclic) bond motifs is 1. The first-order valence-electron chi connectivity index (χ1n) is 5.10. The van der Waals surface area contributed by atoms with Crippen LogP contribution in [0.3, 0.4) is 0 Å². The normalized spacial score (nSPS) is 16.1. The number of nitrogens with one attached hydrogen (secondary N) is 1. The zero-order valence-electron chi connectivity index (χ0n) is 8.23. The highest BCUT2D eigenvalue weighted by atomic mass is 32.1. The van der Waals surface area contributed by atoms with Gasteiger partial charge in [-0.2, -0.15) is 0 Å². The molecule has 78 valence electrons. The third kappa shape index (κ3) is 1.39. The number of imidazole rings is 1. The van der Waals surface area contributed by atoms with E-state index < -0.39 is 0 Å². The maximum Gasteiger partial charge on any atom is 0.179 e. The summed E-state index contributed by atoms with van der Waals surface area (Å²) in [6.07, 6.45) is 2.41. The fourth-order valence-corrected chi connectivity index (χ4v) is 2.17. The van der Waals surface area contributed by atoms with Gasteiger partial charge in [-0.1, -0.05) is 0 Å². The highest BCUT2D eigenvalue weighted by Crippen LogP contribution is 2.37. The average molecular weight is 220 g/mol. The fourth-order valence-electron chi connectivity index (χ4n) is 1.83. The van der Waals surface area contributed by atoms with E-state index in [4.69, 9.17) is 18.0 Å². The van der Waals surface area contributed by atoms with Crippen LogP contribution in [-0.2, 0) is 6.54 Å². The molecule has 3 rings (SSSR count). The van der Waals surface area contributed by atoms with Gasteiger partial charge in [-0.15, -0.1) is 0 Å². The summed E-state index contributed by atoms with van der Waals surface area (Å²) >= 11 is 5.28. The molecule has 0 radical (unpaired) electrons. The lowest BCUT2D eigenvalue weighted by Gasteiger charge is -2.01. The summed E-state index contributed by atoms with van der Waals surface area (Å²) in [4.78, 5) is 7.69. The van der Waals surface area contributed by atoms with Crippen LogP contribution < -0.4 is 5.73 Å². The van der Waals surface area contributed by atoms with Gasteiger partial charge in [-0.25, -0.2) is 4.98 Å². The Kier molecular flexibility index (Phi) is 1.90. The summed E-state index contributed by atoms with van der Waals surface area (Å²) in [5.41, 5.74) is 8.44. The molecule has 1 aliphatic rings. The summed E-state index contributed by atoms with van der Waals surface area (Å²) < 4.78 is 2.89. The molecule has 4 nitrogen and oxygen atoms in total. The Bertz CT molecular complexity index is 564. The molecule has 3 N–H and O–H groups in total. The van der Waals surface area contributed by atoms with Crippen molar-refractivity contribution in [2.45, 2.75) is 25.4 Å². The van der Waals surface area contributed by atoms with Crippen molar-refractivity contribution in [1.29, 1.82) is 0 Å². The summed E-state index contributed by atoms with van der Waals surface area (Å²) in [5, 5.41) is 0. The Balaban J connectivity index is 2.31. The van der Waals surface area contributed by atoms with Gasteiger partial charge in [0.15, 0.2) is 10.4 Å². The van der Waals surface area contributed by atoms with Gasteiger partial charge in [-0.05, 0) is 37.2 Å². The van der Waals surface area contributed by atoms with Gasteiger partial charge in [0.05, 0.1) is 11.2 Å². The predicted molar refractivity (Wildman–Crippen MR) is 61.1 cm³/mol. The van der Waals surface area contributed by atoms with Crippen molar-refractivity contribution in [2.75, 3.05) is 0 Å². The number of rotatable bonds is 2. The lowest BCUT2D eigenvalue weighted by molar-refractivity contribution is 0.743. The molecule has 1 fully saturated rings. The molecule has 0 unspecified atom stereocenters. The molecular formula is C10H12N4S. The highest BCUT2D eigenvalue weighted by molar-refractivity contribution is 7.71. The number of nitrogens with two attached hydrogens (primary N) is 1. The molecule has 0 saturated heterocycles. The first-order valence-corrected chi connectivity index (χ1v) is 5.50. The zero-order chi connectivity index (χ0) is 10.4. The molecule has 0 spiro atoms. The van der Waals surface area contributed by atoms with Crippen LogP contribution in [0.1, 0.15) is 24.6 Å². The number of aromatic nitrogens is 3. The van der Waals surface area contributed by atoms with Crippen LogP contribution in [0.15, 0.2) is 12.1 Å². The molecule has 1 saturated carbocycles. The van der Waals surface area contributed by atoms with Gasteiger partial charge in [-0.3, -0.25) is 4.57 Å². The Morgan fingerprint density at radius 3 is 3.00 bits per heavy atom. The Labute approximate surface area is 92.1 Å². The van der Waals surface area contributed by atoms with Gasteiger partial charge in [0, 0.05) is 12.6 Å². The summed E-state index contributed by atoms with van der Waals surface area (Å²) in [6, 6.07) is 4.48. The number of H-pyrrole nitrogens is 1. The Hall–Kier alpha value is -1.20. The van der Waals surface area contributed by atoms with E-state index >= 15 is 0 Å². The van der Waals surface area contributed by atoms with E-state index in [9.17, 15) is 0 Å². The predicted octanol–water partition coefficient (Wildman–Crippen LogP) is 1.89. The molecule has 2 aromatic heterocycles. The van der Waals surface area contributed by atoms with Crippen LogP contribution >= 0.6 is 12.2 Å². The van der Waals surface area contributed by atoms with Crippen LogP contribution in [0.25, 0.3) is 11.2 Å². The summed E-state index contributed by atoms with van der Waals surface area (Å²) in [6.45, 7) is 0.471. The minimum Gasteiger partial charge on any atom is -0.329 e. The molecule has 1 aliphatic carbocycles. The minimum absolute atomic E-state index is 0.471. The number of nitrogens with zero attached hydrogens (tertiary/aromatic N) is 2. The highest BCUT2D eigenvalue weighted by Gasteiger charge is 2.26. The smallest absolute Gasteiger partial charge is 0.179 e. The molecule has 2 aromatic rings. The SMILES string of the molecule is NCc1ccc2[nH]c(=S)n(C3CC3)c2n1. The third-order valence-corrected chi connectivity index (χ3v) is 3.04. The quantitative estimate of drug-likeness (QED) is 0.760. The lowest BCUT2D eigenvalue weighted by Crippen LogP contribution is -2.01. The third-order valence-electron chi connectivity index (χ3n) is 2.74. The van der Waals surface area contributed by atoms with Crippen molar-refractivity contribution in [3.63, 3.8) is 0 Å². The lowest BCUT2D eigenvalue weighted by atomic mass is 10.3. The molecule has 0 aliphatic heterocycles. The van der Waals surface area contributed by atoms with Crippen molar-refractivity contribution in [3.8, 4) is 0 Å². The average Bonchev–Trinajstić information content (AvgIpc) is 3.00. The monoisotopic (exact) mass is 220 g/mol. The Morgan fingerprint density at radius 1 is 1.53 bits per heavy atom. The fraction of sp³-hybridized carbons (Fsp3) is 0.400. The number of hydrogen-bond donors (Lipinski definition) is 2. The van der Waals surface area contributed by atoms with Gasteiger partial charge in [0.1, 0.15) is 0 Å². The maximum atomic E-state index is 5.58. The molecule has 0 amide bonds. The second kappa shape index (κ2) is 3.15. The molecule has 0 aromatic carbocycles. The van der Waals surface area contributed by atoms with E-state index in [0.29, 0.717) is 12.6 Å². The topological polar surface area (TPSA) is 59.6 Å². The summed E-state index contributed by atoms with van der Waals surface area (Å²) in [7, 11) is 0. The minimum atomic E-state index is 0.471. The Morgan fingerprint density at radius 2 is 2.33 bits per heavy atom. The van der Waals surface area contributed by atoms with Crippen LogP contribution in [0.2, 0.25) is 0 Å². The van der Waals surface area contributed by atoms with Gasteiger partial charge in [0.25, 0.3) is 0 Å². The van der Waals surface area contributed by atoms with Crippen LogP contribution in [0.5, 0.6) is 0 Å². The largest absolute Gasteiger partial charge is 0.329 e. The van der Waals surface area contributed by atoms with E-state index in [2.05, 4.69) is 14.5 Å². The van der Waals surface area contributed by atoms with E-state index in [0.717, 1.165) is 21.6 Å². The summed E-state index contributed by atoms with van der Waals surface area (Å²) in [5.74, 6) is 0. The molecule has 0 atom stereocenters. The van der Waals surface area contributed by atoms with Gasteiger partial charge >= 0.3 is 0 Å². The first kappa shape index (κ1) is 9.06. The molecule has 5 heteroatoms. The van der Waals surface area contributed by atoms with E-state index in [-0.39, 0.29) is 0 Å². The van der Waals surface area contributed by atoms with Crippen LogP contribution in [0.4, 0.5) is 0 Å². The second-order valence-electron chi connectivity index (χ2n) is 3.91.